The Bertz CT molecular complexity index is 1430. The summed E-state index contributed by atoms with van der Waals surface area (Å²) in [5, 5.41) is 14.4. The van der Waals surface area contributed by atoms with Crippen molar-refractivity contribution < 1.29 is 23.1 Å². The Hall–Kier alpha value is -3.79. The average Bonchev–Trinajstić information content (AvgIpc) is 3.20. The first kappa shape index (κ1) is 22.0. The molecule has 0 fully saturated rings. The van der Waals surface area contributed by atoms with E-state index >= 15 is 0 Å². The van der Waals surface area contributed by atoms with Crippen molar-refractivity contribution in [3.63, 3.8) is 0 Å². The molecule has 0 radical (unpaired) electrons. The van der Waals surface area contributed by atoms with Gasteiger partial charge in [-0.3, -0.25) is 9.48 Å². The fraction of sp³-hybridized carbons (Fsp3) is 0.250. The number of nitrogens with zero attached hydrogens (tertiary/aromatic N) is 5. The van der Waals surface area contributed by atoms with Crippen LogP contribution in [0.5, 0.6) is 0 Å². The minimum atomic E-state index is -4.43. The molecule has 1 aliphatic heterocycles. The van der Waals surface area contributed by atoms with Crippen molar-refractivity contribution in [2.24, 2.45) is 0 Å². The van der Waals surface area contributed by atoms with Crippen molar-refractivity contribution in [1.29, 1.82) is 0 Å². The number of aliphatic hydroxyl groups is 1. The topological polar surface area (TPSA) is 84.1 Å². The fourth-order valence-corrected chi connectivity index (χ4v) is 4.28. The number of fused-ring (bicyclic) bond motifs is 2. The quantitative estimate of drug-likeness (QED) is 0.485. The van der Waals surface area contributed by atoms with Crippen LogP contribution in [0.25, 0.3) is 22.3 Å². The zero-order chi connectivity index (χ0) is 24.2. The number of halogens is 3. The summed E-state index contributed by atoms with van der Waals surface area (Å²) in [5.41, 5.74) is 3.00. The first-order chi connectivity index (χ1) is 16.2. The van der Waals surface area contributed by atoms with E-state index in [2.05, 4.69) is 15.1 Å². The number of aryl methyl sites for hydroxylation is 2. The van der Waals surface area contributed by atoms with Crippen LogP contribution in [-0.4, -0.2) is 43.9 Å². The Balaban J connectivity index is 1.49. The van der Waals surface area contributed by atoms with Gasteiger partial charge >= 0.3 is 6.18 Å². The van der Waals surface area contributed by atoms with E-state index in [0.29, 0.717) is 33.7 Å². The number of carbonyl (C=O) groups is 1. The predicted molar refractivity (Wildman–Crippen MR) is 119 cm³/mol. The molecule has 1 atom stereocenters. The van der Waals surface area contributed by atoms with Crippen LogP contribution in [0.1, 0.15) is 33.2 Å². The number of amides is 1. The number of anilines is 1. The third-order valence-corrected chi connectivity index (χ3v) is 6.03. The molecule has 0 saturated carbocycles. The van der Waals surface area contributed by atoms with E-state index in [9.17, 15) is 23.1 Å². The maximum Gasteiger partial charge on any atom is 0.416 e. The molecule has 5 rings (SSSR count). The lowest BCUT2D eigenvalue weighted by molar-refractivity contribution is -0.137. The summed E-state index contributed by atoms with van der Waals surface area (Å²) in [7, 11) is 0. The SMILES string of the molecule is Cc1cc(-c2ncc3cc(C(F)(F)F)ccc3n2)ccc1N1CC(CO)n2ncc(C)c2C1=O. The summed E-state index contributed by atoms with van der Waals surface area (Å²) in [5.74, 6) is 0.173. The summed E-state index contributed by atoms with van der Waals surface area (Å²) < 4.78 is 40.5. The lowest BCUT2D eigenvalue weighted by atomic mass is 10.0. The molecule has 0 aliphatic carbocycles. The number of carbonyl (C=O) groups excluding carboxylic acids is 1. The summed E-state index contributed by atoms with van der Waals surface area (Å²) >= 11 is 0. The van der Waals surface area contributed by atoms with Crippen molar-refractivity contribution in [3.05, 3.63) is 71.2 Å². The Morgan fingerprint density at radius 1 is 1.09 bits per heavy atom. The smallest absolute Gasteiger partial charge is 0.394 e. The highest BCUT2D eigenvalue weighted by atomic mass is 19.4. The van der Waals surface area contributed by atoms with Crippen molar-refractivity contribution >= 4 is 22.5 Å². The Morgan fingerprint density at radius 3 is 2.59 bits per heavy atom. The minimum Gasteiger partial charge on any atom is -0.394 e. The van der Waals surface area contributed by atoms with E-state index in [0.717, 1.165) is 23.3 Å². The molecular formula is C24H20F3N5O2. The number of rotatable bonds is 3. The molecule has 1 unspecified atom stereocenters. The second-order valence-corrected chi connectivity index (χ2v) is 8.34. The first-order valence-electron chi connectivity index (χ1n) is 10.6. The highest BCUT2D eigenvalue weighted by Crippen LogP contribution is 2.33. The van der Waals surface area contributed by atoms with Gasteiger partial charge in [0.25, 0.3) is 5.91 Å². The monoisotopic (exact) mass is 467 g/mol. The summed E-state index contributed by atoms with van der Waals surface area (Å²) in [6.07, 6.45) is -1.44. The molecule has 4 aromatic rings. The van der Waals surface area contributed by atoms with Crippen molar-refractivity contribution in [1.82, 2.24) is 19.7 Å². The predicted octanol–water partition coefficient (Wildman–Crippen LogP) is 4.32. The molecule has 1 N–H and O–H groups in total. The maximum atomic E-state index is 13.2. The molecular weight excluding hydrogens is 447 g/mol. The van der Waals surface area contributed by atoms with E-state index in [-0.39, 0.29) is 25.1 Å². The van der Waals surface area contributed by atoms with Gasteiger partial charge in [-0.2, -0.15) is 18.3 Å². The van der Waals surface area contributed by atoms with Gasteiger partial charge in [-0.1, -0.05) is 0 Å². The number of hydrogen-bond donors (Lipinski definition) is 1. The second-order valence-electron chi connectivity index (χ2n) is 8.34. The number of alkyl halides is 3. The molecule has 0 spiro atoms. The van der Waals surface area contributed by atoms with E-state index < -0.39 is 11.7 Å². The number of aliphatic hydroxyl groups excluding tert-OH is 1. The zero-order valence-corrected chi connectivity index (χ0v) is 18.3. The molecule has 34 heavy (non-hydrogen) atoms. The molecule has 0 bridgehead atoms. The van der Waals surface area contributed by atoms with Crippen LogP contribution < -0.4 is 4.90 Å². The average molecular weight is 467 g/mol. The standard InChI is InChI=1S/C24H20F3N5O2/c1-13-7-15(22-28-10-16-8-17(24(25,26)27)4-5-19(16)30-22)3-6-20(13)31-11-18(12-33)32-21(23(31)34)14(2)9-29-32/h3-10,18,33H,11-12H2,1-2H3. The lowest BCUT2D eigenvalue weighted by Gasteiger charge is -2.34. The van der Waals surface area contributed by atoms with Crippen LogP contribution in [0.15, 0.2) is 48.8 Å². The molecule has 1 amide bonds. The molecule has 0 saturated heterocycles. The first-order valence-corrected chi connectivity index (χ1v) is 10.6. The van der Waals surface area contributed by atoms with E-state index in [1.165, 1.54) is 12.3 Å². The fourth-order valence-electron chi connectivity index (χ4n) is 4.28. The third-order valence-electron chi connectivity index (χ3n) is 6.03. The van der Waals surface area contributed by atoms with Gasteiger partial charge in [-0.25, -0.2) is 9.97 Å². The summed E-state index contributed by atoms with van der Waals surface area (Å²) in [4.78, 5) is 23.5. The Labute approximate surface area is 192 Å². The van der Waals surface area contributed by atoms with Gasteiger partial charge in [0.2, 0.25) is 0 Å². The van der Waals surface area contributed by atoms with Gasteiger partial charge in [-0.05, 0) is 55.8 Å². The third kappa shape index (κ3) is 3.60. The Morgan fingerprint density at radius 2 is 1.88 bits per heavy atom. The summed E-state index contributed by atoms with van der Waals surface area (Å²) in [6.45, 7) is 3.78. The van der Waals surface area contributed by atoms with Gasteiger partial charge in [0.05, 0.1) is 36.5 Å². The molecule has 2 aromatic carbocycles. The van der Waals surface area contributed by atoms with Gasteiger partial charge in [0.1, 0.15) is 5.69 Å². The largest absolute Gasteiger partial charge is 0.416 e. The highest BCUT2D eigenvalue weighted by Gasteiger charge is 2.34. The molecule has 10 heteroatoms. The number of hydrogen-bond acceptors (Lipinski definition) is 5. The van der Waals surface area contributed by atoms with Crippen LogP contribution in [0.3, 0.4) is 0 Å². The molecule has 1 aliphatic rings. The molecule has 7 nitrogen and oxygen atoms in total. The second kappa shape index (κ2) is 7.91. The van der Waals surface area contributed by atoms with Crippen LogP contribution in [-0.2, 0) is 6.18 Å². The van der Waals surface area contributed by atoms with Gasteiger partial charge in [-0.15, -0.1) is 0 Å². The maximum absolute atomic E-state index is 13.2. The normalized spacial score (nSPS) is 16.2. The van der Waals surface area contributed by atoms with Gasteiger partial charge < -0.3 is 10.0 Å². The van der Waals surface area contributed by atoms with Crippen LogP contribution in [0.2, 0.25) is 0 Å². The number of aromatic nitrogens is 4. The van der Waals surface area contributed by atoms with E-state index in [1.807, 2.05) is 13.0 Å². The van der Waals surface area contributed by atoms with E-state index in [1.54, 1.807) is 34.8 Å². The molecule has 2 aromatic heterocycles. The number of benzene rings is 2. The van der Waals surface area contributed by atoms with E-state index in [4.69, 9.17) is 0 Å². The van der Waals surface area contributed by atoms with Crippen molar-refractivity contribution in [2.75, 3.05) is 18.1 Å². The summed E-state index contributed by atoms with van der Waals surface area (Å²) in [6, 6.07) is 8.40. The van der Waals surface area contributed by atoms with Crippen LogP contribution in [0, 0.1) is 13.8 Å². The minimum absolute atomic E-state index is 0.157. The van der Waals surface area contributed by atoms with Crippen LogP contribution >= 0.6 is 0 Å². The highest BCUT2D eigenvalue weighted by molar-refractivity contribution is 6.07. The van der Waals surface area contributed by atoms with Crippen molar-refractivity contribution in [3.8, 4) is 11.4 Å². The van der Waals surface area contributed by atoms with Crippen LogP contribution in [0.4, 0.5) is 18.9 Å². The lowest BCUT2D eigenvalue weighted by Crippen LogP contribution is -2.45. The molecule has 3 heterocycles. The van der Waals surface area contributed by atoms with Gasteiger partial charge in [0.15, 0.2) is 5.82 Å². The Kier molecular flexibility index (Phi) is 5.12. The van der Waals surface area contributed by atoms with Crippen molar-refractivity contribution in [2.45, 2.75) is 26.1 Å². The van der Waals surface area contributed by atoms with Gasteiger partial charge in [0, 0.05) is 28.4 Å². The zero-order valence-electron chi connectivity index (χ0n) is 18.3. The molecule has 174 valence electrons.